The van der Waals surface area contributed by atoms with E-state index in [9.17, 15) is 0 Å². The molecule has 0 amide bonds. The summed E-state index contributed by atoms with van der Waals surface area (Å²) in [6, 6.07) is 14.3. The molecule has 0 radical (unpaired) electrons. The van der Waals surface area contributed by atoms with E-state index < -0.39 is 0 Å². The van der Waals surface area contributed by atoms with E-state index in [0.29, 0.717) is 17.5 Å². The van der Waals surface area contributed by atoms with Crippen LogP contribution in [0.4, 0.5) is 11.5 Å². The van der Waals surface area contributed by atoms with Gasteiger partial charge in [-0.3, -0.25) is 0 Å². The highest BCUT2D eigenvalue weighted by molar-refractivity contribution is 5.66. The Balaban J connectivity index is 1.47. The van der Waals surface area contributed by atoms with E-state index in [2.05, 4.69) is 33.9 Å². The Morgan fingerprint density at radius 3 is 2.96 bits per heavy atom. The molecule has 2 unspecified atom stereocenters. The number of fused-ring (bicyclic) bond motifs is 1. The van der Waals surface area contributed by atoms with Crippen LogP contribution >= 0.6 is 0 Å². The first-order valence-electron chi connectivity index (χ1n) is 7.92. The first-order chi connectivity index (χ1) is 11.3. The molecule has 3 N–H and O–H groups in total. The quantitative estimate of drug-likeness (QED) is 0.792. The lowest BCUT2D eigenvalue weighted by Gasteiger charge is -2.28. The summed E-state index contributed by atoms with van der Waals surface area (Å²) in [5, 5.41) is 19.2. The number of aromatic nitrogens is 1. The van der Waals surface area contributed by atoms with Crippen LogP contribution in [0.5, 0.6) is 0 Å². The van der Waals surface area contributed by atoms with Crippen LogP contribution in [0, 0.1) is 11.3 Å². The molecule has 1 aliphatic rings. The first-order valence-corrected chi connectivity index (χ1v) is 7.92. The van der Waals surface area contributed by atoms with Gasteiger partial charge in [0.2, 0.25) is 0 Å². The number of anilines is 2. The molecule has 1 aliphatic heterocycles. The van der Waals surface area contributed by atoms with E-state index in [1.165, 1.54) is 5.56 Å². The van der Waals surface area contributed by atoms with Crippen molar-refractivity contribution in [2.24, 2.45) is 0 Å². The van der Waals surface area contributed by atoms with Crippen LogP contribution in [0.25, 0.3) is 0 Å². The Kier molecular flexibility index (Phi) is 4.74. The molecular weight excluding hydrogens is 286 g/mol. The summed E-state index contributed by atoms with van der Waals surface area (Å²) in [7, 11) is 0. The highest BCUT2D eigenvalue weighted by atomic mass is 15.1. The van der Waals surface area contributed by atoms with Crippen LogP contribution in [0.2, 0.25) is 0 Å². The standard InChI is InChI=1S/C18H21N5/c1-13(15-6-4-14(9-19)5-7-15)10-20-11-16-12-22-17-3-2-8-21-18(17)23-16/h2-8,13,16,20,22H,10-12H2,1H3,(H,21,23). The van der Waals surface area contributed by atoms with Crippen LogP contribution in [0.1, 0.15) is 24.0 Å². The summed E-state index contributed by atoms with van der Waals surface area (Å²) >= 11 is 0. The lowest BCUT2D eigenvalue weighted by atomic mass is 10.00. The number of nitriles is 1. The van der Waals surface area contributed by atoms with Gasteiger partial charge in [0.15, 0.2) is 0 Å². The fourth-order valence-corrected chi connectivity index (χ4v) is 2.74. The van der Waals surface area contributed by atoms with Gasteiger partial charge in [-0.15, -0.1) is 0 Å². The molecule has 118 valence electrons. The van der Waals surface area contributed by atoms with Crippen molar-refractivity contribution < 1.29 is 0 Å². The van der Waals surface area contributed by atoms with Gasteiger partial charge in [-0.05, 0) is 35.7 Å². The maximum Gasteiger partial charge on any atom is 0.149 e. The van der Waals surface area contributed by atoms with Crippen molar-refractivity contribution in [1.29, 1.82) is 5.26 Å². The van der Waals surface area contributed by atoms with E-state index in [1.807, 2.05) is 36.4 Å². The third kappa shape index (κ3) is 3.79. The molecule has 23 heavy (non-hydrogen) atoms. The van der Waals surface area contributed by atoms with Gasteiger partial charge in [0.25, 0.3) is 0 Å². The van der Waals surface area contributed by atoms with Crippen molar-refractivity contribution in [3.63, 3.8) is 0 Å². The topological polar surface area (TPSA) is 72.8 Å². The predicted octanol–water partition coefficient (Wildman–Crippen LogP) is 2.55. The maximum absolute atomic E-state index is 8.84. The van der Waals surface area contributed by atoms with Crippen molar-refractivity contribution in [2.45, 2.75) is 18.9 Å². The van der Waals surface area contributed by atoms with Crippen LogP contribution < -0.4 is 16.0 Å². The number of hydrogen-bond donors (Lipinski definition) is 3. The number of hydrogen-bond acceptors (Lipinski definition) is 5. The van der Waals surface area contributed by atoms with E-state index in [0.717, 1.165) is 31.1 Å². The third-order valence-electron chi connectivity index (χ3n) is 4.14. The Morgan fingerprint density at radius 1 is 1.35 bits per heavy atom. The van der Waals surface area contributed by atoms with Gasteiger partial charge in [0.05, 0.1) is 23.4 Å². The minimum atomic E-state index is 0.325. The average Bonchev–Trinajstić information content (AvgIpc) is 2.61. The Hall–Kier alpha value is -2.58. The number of nitrogens with one attached hydrogen (secondary N) is 3. The molecule has 0 saturated carbocycles. The zero-order valence-electron chi connectivity index (χ0n) is 13.2. The molecule has 2 atom stereocenters. The van der Waals surface area contributed by atoms with Crippen molar-refractivity contribution in [1.82, 2.24) is 10.3 Å². The van der Waals surface area contributed by atoms with E-state index in [1.54, 1.807) is 6.20 Å². The maximum atomic E-state index is 8.84. The fourth-order valence-electron chi connectivity index (χ4n) is 2.74. The first kappa shape index (κ1) is 15.3. The number of pyridine rings is 1. The predicted molar refractivity (Wildman–Crippen MR) is 92.6 cm³/mol. The summed E-state index contributed by atoms with van der Waals surface area (Å²) in [5.74, 6) is 1.33. The summed E-state index contributed by atoms with van der Waals surface area (Å²) in [4.78, 5) is 4.35. The minimum Gasteiger partial charge on any atom is -0.380 e. The van der Waals surface area contributed by atoms with Crippen molar-refractivity contribution in [3.05, 3.63) is 53.7 Å². The van der Waals surface area contributed by atoms with Gasteiger partial charge in [0, 0.05) is 25.8 Å². The SMILES string of the molecule is CC(CNCC1CNc2cccnc2N1)c1ccc(C#N)cc1. The lowest BCUT2D eigenvalue weighted by molar-refractivity contribution is 0.572. The van der Waals surface area contributed by atoms with Crippen LogP contribution in [0.15, 0.2) is 42.6 Å². The van der Waals surface area contributed by atoms with E-state index in [-0.39, 0.29) is 0 Å². The smallest absolute Gasteiger partial charge is 0.149 e. The van der Waals surface area contributed by atoms with Gasteiger partial charge in [0.1, 0.15) is 5.82 Å². The van der Waals surface area contributed by atoms with E-state index >= 15 is 0 Å². The second-order valence-electron chi connectivity index (χ2n) is 5.91. The molecule has 3 rings (SSSR count). The van der Waals surface area contributed by atoms with Crippen LogP contribution in [-0.4, -0.2) is 30.7 Å². The minimum absolute atomic E-state index is 0.325. The average molecular weight is 307 g/mol. The number of nitrogens with zero attached hydrogens (tertiary/aromatic N) is 2. The third-order valence-corrected chi connectivity index (χ3v) is 4.14. The fraction of sp³-hybridized carbons (Fsp3) is 0.333. The molecule has 0 aliphatic carbocycles. The highest BCUT2D eigenvalue weighted by Gasteiger charge is 2.17. The van der Waals surface area contributed by atoms with E-state index in [4.69, 9.17) is 5.26 Å². The van der Waals surface area contributed by atoms with Gasteiger partial charge in [-0.25, -0.2) is 4.98 Å². The van der Waals surface area contributed by atoms with Crippen LogP contribution in [-0.2, 0) is 0 Å². The summed E-state index contributed by atoms with van der Waals surface area (Å²) in [6.45, 7) is 4.86. The number of rotatable bonds is 5. The molecule has 5 heteroatoms. The summed E-state index contributed by atoms with van der Waals surface area (Å²) in [5.41, 5.74) is 3.02. The Bertz CT molecular complexity index is 689. The van der Waals surface area contributed by atoms with Gasteiger partial charge in [-0.1, -0.05) is 19.1 Å². The van der Waals surface area contributed by atoms with Gasteiger partial charge < -0.3 is 16.0 Å². The normalized spacial score (nSPS) is 17.3. The number of benzene rings is 1. The molecule has 5 nitrogen and oxygen atoms in total. The van der Waals surface area contributed by atoms with Crippen molar-refractivity contribution >= 4 is 11.5 Å². The van der Waals surface area contributed by atoms with Crippen LogP contribution in [0.3, 0.4) is 0 Å². The largest absolute Gasteiger partial charge is 0.380 e. The Labute approximate surface area is 136 Å². The van der Waals surface area contributed by atoms with Gasteiger partial charge >= 0.3 is 0 Å². The molecule has 0 bridgehead atoms. The Morgan fingerprint density at radius 2 is 2.17 bits per heavy atom. The summed E-state index contributed by atoms with van der Waals surface area (Å²) < 4.78 is 0. The summed E-state index contributed by atoms with van der Waals surface area (Å²) in [6.07, 6.45) is 1.80. The molecule has 0 saturated heterocycles. The molecule has 1 aromatic carbocycles. The molecule has 2 heterocycles. The highest BCUT2D eigenvalue weighted by Crippen LogP contribution is 2.22. The monoisotopic (exact) mass is 307 g/mol. The molecule has 2 aromatic rings. The molecule has 0 fully saturated rings. The second kappa shape index (κ2) is 7.12. The van der Waals surface area contributed by atoms with Crippen molar-refractivity contribution in [3.8, 4) is 6.07 Å². The van der Waals surface area contributed by atoms with Crippen molar-refractivity contribution in [2.75, 3.05) is 30.3 Å². The lowest BCUT2D eigenvalue weighted by Crippen LogP contribution is -2.42. The molecule has 0 spiro atoms. The molecule has 1 aromatic heterocycles. The van der Waals surface area contributed by atoms with Gasteiger partial charge in [-0.2, -0.15) is 5.26 Å². The second-order valence-corrected chi connectivity index (χ2v) is 5.91. The zero-order chi connectivity index (χ0) is 16.1. The molecular formula is C18H21N5. The zero-order valence-corrected chi connectivity index (χ0v) is 13.2.